The van der Waals surface area contributed by atoms with Gasteiger partial charge in [0.05, 0.1) is 37.6 Å². The molecule has 30 heavy (non-hydrogen) atoms. The monoisotopic (exact) mass is 418 g/mol. The molecule has 1 saturated carbocycles. The Morgan fingerprint density at radius 3 is 2.50 bits per heavy atom. The summed E-state index contributed by atoms with van der Waals surface area (Å²) in [4.78, 5) is 26.5. The van der Waals surface area contributed by atoms with Crippen molar-refractivity contribution in [3.8, 4) is 5.75 Å². The van der Waals surface area contributed by atoms with E-state index in [1.165, 1.54) is 14.2 Å². The van der Waals surface area contributed by atoms with Gasteiger partial charge in [0, 0.05) is 32.0 Å². The van der Waals surface area contributed by atoms with Gasteiger partial charge >= 0.3 is 11.9 Å². The molecule has 1 spiro atoms. The molecule has 0 unspecified atom stereocenters. The van der Waals surface area contributed by atoms with Crippen LogP contribution in [0.15, 0.2) is 18.2 Å². The van der Waals surface area contributed by atoms with Gasteiger partial charge in [-0.1, -0.05) is 0 Å². The number of morpholine rings is 1. The zero-order valence-electron chi connectivity index (χ0n) is 17.6. The Bertz CT molecular complexity index is 780. The fourth-order valence-electron chi connectivity index (χ4n) is 4.66. The normalized spacial score (nSPS) is 25.9. The molecule has 2 saturated heterocycles. The number of nitrogens with zero attached hydrogens (tertiary/aromatic N) is 1. The summed E-state index contributed by atoms with van der Waals surface area (Å²) in [6.07, 6.45) is 4.12. The van der Waals surface area contributed by atoms with E-state index in [1.54, 1.807) is 18.2 Å². The van der Waals surface area contributed by atoms with Crippen LogP contribution in [0.3, 0.4) is 0 Å². The molecule has 1 N–H and O–H groups in total. The summed E-state index contributed by atoms with van der Waals surface area (Å²) in [6, 6.07) is 5.31. The molecule has 1 aromatic carbocycles. The highest BCUT2D eigenvalue weighted by atomic mass is 16.5. The van der Waals surface area contributed by atoms with E-state index < -0.39 is 11.9 Å². The number of methoxy groups -OCH3 is 2. The number of hydrogen-bond acceptors (Lipinski definition) is 8. The third kappa shape index (κ3) is 4.31. The highest BCUT2D eigenvalue weighted by Crippen LogP contribution is 2.35. The van der Waals surface area contributed by atoms with Gasteiger partial charge in [-0.2, -0.15) is 0 Å². The highest BCUT2D eigenvalue weighted by Gasteiger charge is 2.43. The molecule has 8 heteroatoms. The molecule has 2 aliphatic heterocycles. The number of rotatable bonds is 5. The van der Waals surface area contributed by atoms with Gasteiger partial charge in [-0.3, -0.25) is 4.90 Å². The van der Waals surface area contributed by atoms with Crippen molar-refractivity contribution in [3.05, 3.63) is 29.3 Å². The zero-order valence-corrected chi connectivity index (χ0v) is 17.6. The van der Waals surface area contributed by atoms with Crippen molar-refractivity contribution >= 4 is 11.9 Å². The van der Waals surface area contributed by atoms with Crippen LogP contribution in [0, 0.1) is 0 Å². The van der Waals surface area contributed by atoms with Crippen molar-refractivity contribution in [1.29, 1.82) is 0 Å². The second kappa shape index (κ2) is 8.91. The Labute approximate surface area is 176 Å². The second-order valence-electron chi connectivity index (χ2n) is 8.31. The standard InChI is InChI=1S/C22H30N2O6/c1-27-20(25)18-4-3-16(13-19(18)21(26)28-2)30-17-11-15(12-17)24-9-10-29-22(14-24)5-7-23-8-6-22/h3-4,13,15,17,23H,5-12,14H2,1-2H3/t15-,17-. The van der Waals surface area contributed by atoms with Gasteiger partial charge in [0.15, 0.2) is 0 Å². The average molecular weight is 418 g/mol. The van der Waals surface area contributed by atoms with E-state index in [1.807, 2.05) is 0 Å². The third-order valence-electron chi connectivity index (χ3n) is 6.48. The third-order valence-corrected chi connectivity index (χ3v) is 6.48. The molecule has 0 bridgehead atoms. The molecule has 1 aliphatic carbocycles. The van der Waals surface area contributed by atoms with E-state index >= 15 is 0 Å². The van der Waals surface area contributed by atoms with Crippen molar-refractivity contribution < 1.29 is 28.5 Å². The lowest BCUT2D eigenvalue weighted by Crippen LogP contribution is -2.61. The SMILES string of the molecule is COC(=O)c1ccc(O[C@H]2C[C@H](N3CCOC4(CCNCC4)C3)C2)cc1C(=O)OC. The molecule has 0 aromatic heterocycles. The van der Waals surface area contributed by atoms with Crippen LogP contribution >= 0.6 is 0 Å². The Hall–Kier alpha value is -2.16. The number of ether oxygens (including phenoxy) is 4. The van der Waals surface area contributed by atoms with Gasteiger partial charge in [-0.05, 0) is 44.1 Å². The predicted octanol–water partition coefficient (Wildman–Crippen LogP) is 1.62. The first-order valence-electron chi connectivity index (χ1n) is 10.6. The number of carbonyl (C=O) groups excluding carboxylic acids is 2. The van der Waals surface area contributed by atoms with E-state index in [9.17, 15) is 9.59 Å². The van der Waals surface area contributed by atoms with Gasteiger partial charge in [-0.15, -0.1) is 0 Å². The molecule has 0 atom stereocenters. The number of esters is 2. The Morgan fingerprint density at radius 1 is 1.10 bits per heavy atom. The summed E-state index contributed by atoms with van der Waals surface area (Å²) in [6.45, 7) is 4.79. The smallest absolute Gasteiger partial charge is 0.338 e. The molecule has 4 rings (SSSR count). The summed E-state index contributed by atoms with van der Waals surface area (Å²) >= 11 is 0. The molecule has 3 fully saturated rings. The van der Waals surface area contributed by atoms with E-state index in [2.05, 4.69) is 10.2 Å². The zero-order chi connectivity index (χ0) is 21.1. The van der Waals surface area contributed by atoms with Gasteiger partial charge in [0.25, 0.3) is 0 Å². The lowest BCUT2D eigenvalue weighted by atomic mass is 9.84. The first-order chi connectivity index (χ1) is 14.5. The summed E-state index contributed by atoms with van der Waals surface area (Å²) in [7, 11) is 2.56. The summed E-state index contributed by atoms with van der Waals surface area (Å²) in [5.74, 6) is -0.610. The maximum atomic E-state index is 12.1. The first-order valence-corrected chi connectivity index (χ1v) is 10.6. The van der Waals surface area contributed by atoms with Crippen molar-refractivity contribution in [2.45, 2.75) is 43.4 Å². The van der Waals surface area contributed by atoms with Crippen LogP contribution < -0.4 is 10.1 Å². The molecule has 8 nitrogen and oxygen atoms in total. The van der Waals surface area contributed by atoms with Gasteiger partial charge in [0.2, 0.25) is 0 Å². The average Bonchev–Trinajstić information content (AvgIpc) is 2.75. The Balaban J connectivity index is 1.35. The van der Waals surface area contributed by atoms with Crippen LogP contribution in [0.4, 0.5) is 0 Å². The Morgan fingerprint density at radius 2 is 1.80 bits per heavy atom. The molecule has 164 valence electrons. The minimum absolute atomic E-state index is 0.00851. The van der Waals surface area contributed by atoms with Crippen LogP contribution in [-0.2, 0) is 14.2 Å². The van der Waals surface area contributed by atoms with Crippen LogP contribution in [0.25, 0.3) is 0 Å². The van der Waals surface area contributed by atoms with Crippen LogP contribution in [0.2, 0.25) is 0 Å². The minimum atomic E-state index is -0.590. The predicted molar refractivity (Wildman–Crippen MR) is 109 cm³/mol. The van der Waals surface area contributed by atoms with Crippen molar-refractivity contribution in [2.75, 3.05) is 47.0 Å². The summed E-state index contributed by atoms with van der Waals surface area (Å²) in [5.41, 5.74) is 0.330. The lowest BCUT2D eigenvalue weighted by molar-refractivity contribution is -0.145. The molecule has 3 aliphatic rings. The molecule has 0 amide bonds. The Kier molecular flexibility index (Phi) is 6.26. The number of nitrogens with one attached hydrogen (secondary N) is 1. The molecule has 0 radical (unpaired) electrons. The largest absolute Gasteiger partial charge is 0.490 e. The maximum absolute atomic E-state index is 12.1. The van der Waals surface area contributed by atoms with Crippen LogP contribution in [0.5, 0.6) is 5.75 Å². The number of benzene rings is 1. The van der Waals surface area contributed by atoms with E-state index in [4.69, 9.17) is 18.9 Å². The molecular formula is C22H30N2O6. The van der Waals surface area contributed by atoms with Crippen molar-refractivity contribution in [1.82, 2.24) is 10.2 Å². The molecule has 2 heterocycles. The number of piperidine rings is 1. The fourth-order valence-corrected chi connectivity index (χ4v) is 4.66. The summed E-state index contributed by atoms with van der Waals surface area (Å²) in [5, 5.41) is 3.41. The lowest BCUT2D eigenvalue weighted by Gasteiger charge is -2.51. The van der Waals surface area contributed by atoms with Crippen molar-refractivity contribution in [3.63, 3.8) is 0 Å². The van der Waals surface area contributed by atoms with Crippen LogP contribution in [0.1, 0.15) is 46.4 Å². The maximum Gasteiger partial charge on any atom is 0.338 e. The van der Waals surface area contributed by atoms with E-state index in [-0.39, 0.29) is 22.8 Å². The quantitative estimate of drug-likeness (QED) is 0.722. The fraction of sp³-hybridized carbons (Fsp3) is 0.636. The van der Waals surface area contributed by atoms with E-state index in [0.29, 0.717) is 11.8 Å². The van der Waals surface area contributed by atoms with Crippen molar-refractivity contribution in [2.24, 2.45) is 0 Å². The van der Waals surface area contributed by atoms with Gasteiger partial charge in [0.1, 0.15) is 11.9 Å². The topological polar surface area (TPSA) is 86.3 Å². The molecule has 1 aromatic rings. The number of carbonyl (C=O) groups is 2. The van der Waals surface area contributed by atoms with Crippen LogP contribution in [-0.4, -0.2) is 81.6 Å². The van der Waals surface area contributed by atoms with E-state index in [0.717, 1.165) is 58.5 Å². The molecular weight excluding hydrogens is 388 g/mol. The highest BCUT2D eigenvalue weighted by molar-refractivity contribution is 6.03. The second-order valence-corrected chi connectivity index (χ2v) is 8.31. The first kappa shape index (κ1) is 21.1. The number of hydrogen-bond donors (Lipinski definition) is 1. The minimum Gasteiger partial charge on any atom is -0.490 e. The van der Waals surface area contributed by atoms with Gasteiger partial charge < -0.3 is 24.3 Å². The van der Waals surface area contributed by atoms with Gasteiger partial charge in [-0.25, -0.2) is 9.59 Å². The summed E-state index contributed by atoms with van der Waals surface area (Å²) < 4.78 is 21.8.